The number of nitrogens with one attached hydrogen (secondary N) is 1. The highest BCUT2D eigenvalue weighted by atomic mass is 79.9. The molecule has 4 nitrogen and oxygen atoms in total. The second-order valence-electron chi connectivity index (χ2n) is 5.21. The molecule has 0 saturated heterocycles. The molecule has 5 heteroatoms. The number of rotatable bonds is 10. The van der Waals surface area contributed by atoms with E-state index >= 15 is 0 Å². The number of halogens is 1. The third kappa shape index (κ3) is 6.24. The molecule has 0 heterocycles. The molecule has 1 aromatic carbocycles. The summed E-state index contributed by atoms with van der Waals surface area (Å²) in [7, 11) is 1.65. The van der Waals surface area contributed by atoms with Crippen LogP contribution >= 0.6 is 15.9 Å². The van der Waals surface area contributed by atoms with Crippen molar-refractivity contribution in [3.63, 3.8) is 0 Å². The van der Waals surface area contributed by atoms with E-state index < -0.39 is 0 Å². The molecule has 0 aliphatic heterocycles. The zero-order valence-corrected chi connectivity index (χ0v) is 14.7. The van der Waals surface area contributed by atoms with Crippen molar-refractivity contribution in [2.75, 3.05) is 26.9 Å². The molecule has 0 aromatic heterocycles. The maximum Gasteiger partial charge on any atom is 0.175 e. The van der Waals surface area contributed by atoms with Crippen molar-refractivity contribution in [2.24, 2.45) is 5.92 Å². The summed E-state index contributed by atoms with van der Waals surface area (Å²) in [5.41, 5.74) is 1.14. The molecular formula is C16H26BrNO3. The summed E-state index contributed by atoms with van der Waals surface area (Å²) in [4.78, 5) is 0. The van der Waals surface area contributed by atoms with Gasteiger partial charge >= 0.3 is 0 Å². The summed E-state index contributed by atoms with van der Waals surface area (Å²) in [6.45, 7) is 6.76. The van der Waals surface area contributed by atoms with Crippen molar-refractivity contribution in [3.8, 4) is 11.5 Å². The van der Waals surface area contributed by atoms with Gasteiger partial charge in [-0.25, -0.2) is 0 Å². The highest BCUT2D eigenvalue weighted by Gasteiger charge is 2.11. The molecule has 1 unspecified atom stereocenters. The Kier molecular flexibility index (Phi) is 8.73. The number of aliphatic hydroxyl groups excluding tert-OH is 1. The summed E-state index contributed by atoms with van der Waals surface area (Å²) in [6, 6.07) is 4.05. The molecule has 1 aromatic rings. The Bertz CT molecular complexity index is 426. The first-order valence-electron chi connectivity index (χ1n) is 7.43. The van der Waals surface area contributed by atoms with E-state index in [0.29, 0.717) is 12.5 Å². The predicted molar refractivity (Wildman–Crippen MR) is 89.1 cm³/mol. The van der Waals surface area contributed by atoms with Crippen molar-refractivity contribution in [1.29, 1.82) is 0 Å². The standard InChI is InChI=1S/C16H26BrNO3/c1-4-7-21-16-14(17)8-13(9-15(16)20-3)11-18-10-12(2)5-6-19/h8-9,12,18-19H,4-7,10-11H2,1-3H3. The van der Waals surface area contributed by atoms with Gasteiger partial charge in [0.1, 0.15) is 0 Å². The van der Waals surface area contributed by atoms with Gasteiger partial charge in [0.2, 0.25) is 0 Å². The van der Waals surface area contributed by atoms with Gasteiger partial charge in [-0.15, -0.1) is 0 Å². The van der Waals surface area contributed by atoms with E-state index in [0.717, 1.165) is 47.5 Å². The minimum atomic E-state index is 0.242. The second-order valence-corrected chi connectivity index (χ2v) is 6.06. The molecule has 0 radical (unpaired) electrons. The van der Waals surface area contributed by atoms with Gasteiger partial charge in [-0.2, -0.15) is 0 Å². The monoisotopic (exact) mass is 359 g/mol. The minimum Gasteiger partial charge on any atom is -0.493 e. The average molecular weight is 360 g/mol. The lowest BCUT2D eigenvalue weighted by Gasteiger charge is -2.15. The highest BCUT2D eigenvalue weighted by Crippen LogP contribution is 2.36. The molecule has 1 rings (SSSR count). The Morgan fingerprint density at radius 1 is 1.38 bits per heavy atom. The molecule has 0 bridgehead atoms. The zero-order valence-electron chi connectivity index (χ0n) is 13.1. The fraction of sp³-hybridized carbons (Fsp3) is 0.625. The maximum atomic E-state index is 8.89. The predicted octanol–water partition coefficient (Wildman–Crippen LogP) is 3.35. The first kappa shape index (κ1) is 18.3. The maximum absolute atomic E-state index is 8.89. The Hall–Kier alpha value is -0.780. The van der Waals surface area contributed by atoms with Gasteiger partial charge in [0.05, 0.1) is 18.2 Å². The van der Waals surface area contributed by atoms with Crippen LogP contribution in [0.15, 0.2) is 16.6 Å². The van der Waals surface area contributed by atoms with Gasteiger partial charge in [-0.05, 0) is 58.9 Å². The summed E-state index contributed by atoms with van der Waals surface area (Å²) in [5, 5.41) is 12.3. The molecule has 0 fully saturated rings. The lowest BCUT2D eigenvalue weighted by Crippen LogP contribution is -2.21. The van der Waals surface area contributed by atoms with Crippen molar-refractivity contribution in [1.82, 2.24) is 5.32 Å². The normalized spacial score (nSPS) is 12.2. The van der Waals surface area contributed by atoms with Crippen LogP contribution in [0.1, 0.15) is 32.3 Å². The number of hydrogen-bond donors (Lipinski definition) is 2. The van der Waals surface area contributed by atoms with Crippen molar-refractivity contribution < 1.29 is 14.6 Å². The summed E-state index contributed by atoms with van der Waals surface area (Å²) in [6.07, 6.45) is 1.78. The first-order chi connectivity index (χ1) is 10.1. The highest BCUT2D eigenvalue weighted by molar-refractivity contribution is 9.10. The first-order valence-corrected chi connectivity index (χ1v) is 8.22. The SMILES string of the molecule is CCCOc1c(Br)cc(CNCC(C)CCO)cc1OC. The molecule has 2 N–H and O–H groups in total. The van der Waals surface area contributed by atoms with Gasteiger partial charge < -0.3 is 19.9 Å². The van der Waals surface area contributed by atoms with Crippen LogP contribution in [0.25, 0.3) is 0 Å². The van der Waals surface area contributed by atoms with E-state index in [1.54, 1.807) is 7.11 Å². The summed E-state index contributed by atoms with van der Waals surface area (Å²) in [5.74, 6) is 1.97. The van der Waals surface area contributed by atoms with Crippen LogP contribution < -0.4 is 14.8 Å². The van der Waals surface area contributed by atoms with Crippen LogP contribution in [0.3, 0.4) is 0 Å². The van der Waals surface area contributed by atoms with Crippen LogP contribution in [-0.4, -0.2) is 32.0 Å². The third-order valence-corrected chi connectivity index (χ3v) is 3.77. The van der Waals surface area contributed by atoms with E-state index in [2.05, 4.69) is 41.2 Å². The number of benzene rings is 1. The van der Waals surface area contributed by atoms with E-state index in [1.165, 1.54) is 0 Å². The van der Waals surface area contributed by atoms with Gasteiger partial charge in [0, 0.05) is 13.2 Å². The Labute approximate surface area is 136 Å². The molecule has 1 atom stereocenters. The van der Waals surface area contributed by atoms with Crippen LogP contribution in [-0.2, 0) is 6.54 Å². The molecule has 0 spiro atoms. The van der Waals surface area contributed by atoms with Gasteiger partial charge in [-0.3, -0.25) is 0 Å². The topological polar surface area (TPSA) is 50.7 Å². The third-order valence-electron chi connectivity index (χ3n) is 3.18. The number of hydrogen-bond acceptors (Lipinski definition) is 4. The van der Waals surface area contributed by atoms with Crippen LogP contribution in [0.5, 0.6) is 11.5 Å². The fourth-order valence-corrected chi connectivity index (χ4v) is 2.61. The van der Waals surface area contributed by atoms with E-state index in [4.69, 9.17) is 14.6 Å². The van der Waals surface area contributed by atoms with Crippen LogP contribution in [0.4, 0.5) is 0 Å². The number of ether oxygens (including phenoxy) is 2. The van der Waals surface area contributed by atoms with Crippen LogP contribution in [0, 0.1) is 5.92 Å². The largest absolute Gasteiger partial charge is 0.493 e. The lowest BCUT2D eigenvalue weighted by molar-refractivity contribution is 0.260. The van der Waals surface area contributed by atoms with E-state index in [9.17, 15) is 0 Å². The summed E-state index contributed by atoms with van der Waals surface area (Å²) < 4.78 is 12.0. The molecule has 0 aliphatic carbocycles. The fourth-order valence-electron chi connectivity index (χ4n) is 2.00. The zero-order chi connectivity index (χ0) is 15.7. The number of methoxy groups -OCH3 is 1. The Balaban J connectivity index is 2.65. The van der Waals surface area contributed by atoms with E-state index in [-0.39, 0.29) is 6.61 Å². The molecule has 0 saturated carbocycles. The molecule has 0 aliphatic rings. The molecular weight excluding hydrogens is 334 g/mol. The smallest absolute Gasteiger partial charge is 0.175 e. The minimum absolute atomic E-state index is 0.242. The molecule has 0 amide bonds. The molecule has 120 valence electrons. The van der Waals surface area contributed by atoms with Gasteiger partial charge in [-0.1, -0.05) is 13.8 Å². The second kappa shape index (κ2) is 10.0. The summed E-state index contributed by atoms with van der Waals surface area (Å²) >= 11 is 3.55. The Morgan fingerprint density at radius 2 is 2.14 bits per heavy atom. The van der Waals surface area contributed by atoms with E-state index in [1.807, 2.05) is 6.07 Å². The van der Waals surface area contributed by atoms with Crippen LogP contribution in [0.2, 0.25) is 0 Å². The lowest BCUT2D eigenvalue weighted by atomic mass is 10.1. The Morgan fingerprint density at radius 3 is 2.76 bits per heavy atom. The molecule has 21 heavy (non-hydrogen) atoms. The van der Waals surface area contributed by atoms with Crippen molar-refractivity contribution in [3.05, 3.63) is 22.2 Å². The van der Waals surface area contributed by atoms with Gasteiger partial charge in [0.15, 0.2) is 11.5 Å². The quantitative estimate of drug-likeness (QED) is 0.672. The average Bonchev–Trinajstić information content (AvgIpc) is 2.46. The van der Waals surface area contributed by atoms with Crippen molar-refractivity contribution in [2.45, 2.75) is 33.2 Å². The number of aliphatic hydroxyl groups is 1. The van der Waals surface area contributed by atoms with Crippen molar-refractivity contribution >= 4 is 15.9 Å². The van der Waals surface area contributed by atoms with Gasteiger partial charge in [0.25, 0.3) is 0 Å².